The van der Waals surface area contributed by atoms with Gasteiger partial charge in [0, 0.05) is 6.42 Å². The molecule has 0 aromatic rings. The predicted molar refractivity (Wildman–Crippen MR) is 475 cm³/mol. The fraction of sp³-hybridized carbons (Fsp3) is 0.786. The molecule has 19 nitrogen and oxygen atoms in total. The highest BCUT2D eigenvalue weighted by atomic mass is 16.8. The quantitative estimate of drug-likeness (QED) is 0.0199. The van der Waals surface area contributed by atoms with Gasteiger partial charge in [-0.25, -0.2) is 0 Å². The highest BCUT2D eigenvalue weighted by molar-refractivity contribution is 5.76. The number of rotatable bonds is 76. The van der Waals surface area contributed by atoms with E-state index < -0.39 is 124 Å². The molecule has 0 spiro atoms. The normalized spacial score (nSPS) is 24.9. The van der Waals surface area contributed by atoms with Gasteiger partial charge in [-0.15, -0.1) is 0 Å². The first kappa shape index (κ1) is 107. The zero-order chi connectivity index (χ0) is 84.5. The number of allylic oxidation sites excluding steroid dienone is 20. The Hall–Kier alpha value is -3.81. The number of carbonyl (C=O) groups is 1. The largest absolute Gasteiger partial charge is 0.394 e. The van der Waals surface area contributed by atoms with Crippen LogP contribution in [0.15, 0.2) is 122 Å². The number of aliphatic hydroxyl groups is 11. The van der Waals surface area contributed by atoms with Crippen LogP contribution in [0.25, 0.3) is 0 Å². The molecule has 3 heterocycles. The van der Waals surface area contributed by atoms with Crippen molar-refractivity contribution in [2.24, 2.45) is 0 Å². The van der Waals surface area contributed by atoms with Gasteiger partial charge in [0.25, 0.3) is 0 Å². The Morgan fingerprint density at radius 2 is 0.590 bits per heavy atom. The predicted octanol–water partition coefficient (Wildman–Crippen LogP) is 19.0. The van der Waals surface area contributed by atoms with Crippen LogP contribution in [0.2, 0.25) is 0 Å². The standard InChI is InChI=1S/C98H171NO18/c1-3-5-7-9-11-13-15-17-19-21-23-25-27-29-31-33-35-37-38-39-40-41-42-44-46-48-50-52-54-56-58-60-62-64-66-68-70-72-74-76-86(104)99-81(82(103)75-73-71-69-67-65-63-61-59-57-55-53-51-49-47-45-43-36-34-32-30-28-26-24-22-20-18-16-14-12-10-8-6-4-2)80-112-96-92(110)89(107)94(84(78-101)114-96)117-98-93(111)90(108)95(85(79-102)115-98)116-97-91(109)88(106)87(105)83(77-100)113-97/h5,7,11,13,17,19,23,25,29,31,35,37,39-40,42,44,48,50,54,56,81-85,87-98,100-103,105-111H,3-4,6,8-10,12,14-16,18,20-22,24,26-28,30,32-34,36,38,41,43,45-47,49,51-53,55,57-80H2,1-2H3,(H,99,104)/b7-5-,13-11-,19-17-,25-23-,31-29-,37-35-,40-39-,44-42-,50-48-,56-54-. The van der Waals surface area contributed by atoms with E-state index in [9.17, 15) is 61.0 Å². The first-order valence-corrected chi connectivity index (χ1v) is 47.3. The van der Waals surface area contributed by atoms with E-state index >= 15 is 0 Å². The number of amides is 1. The van der Waals surface area contributed by atoms with Gasteiger partial charge in [0.2, 0.25) is 5.91 Å². The van der Waals surface area contributed by atoms with Crippen molar-refractivity contribution < 1.29 is 89.4 Å². The number of nitrogens with one attached hydrogen (secondary N) is 1. The molecule has 0 aliphatic carbocycles. The van der Waals surface area contributed by atoms with Crippen LogP contribution in [0.3, 0.4) is 0 Å². The molecule has 3 rings (SSSR count). The van der Waals surface area contributed by atoms with Crippen molar-refractivity contribution in [2.45, 2.75) is 465 Å². The lowest BCUT2D eigenvalue weighted by molar-refractivity contribution is -0.379. The summed E-state index contributed by atoms with van der Waals surface area (Å²) in [4.78, 5) is 13.6. The average Bonchev–Trinajstić information content (AvgIpc) is 0.777. The van der Waals surface area contributed by atoms with Crippen LogP contribution in [0, 0.1) is 0 Å². The molecule has 3 fully saturated rings. The molecule has 17 unspecified atom stereocenters. The summed E-state index contributed by atoms with van der Waals surface area (Å²) in [6, 6.07) is -0.903. The molecule has 3 aliphatic rings. The highest BCUT2D eigenvalue weighted by Crippen LogP contribution is 2.34. The van der Waals surface area contributed by atoms with E-state index in [0.29, 0.717) is 12.8 Å². The minimum Gasteiger partial charge on any atom is -0.394 e. The zero-order valence-electron chi connectivity index (χ0n) is 73.2. The molecular weight excluding hydrogens is 1480 g/mol. The maximum Gasteiger partial charge on any atom is 0.220 e. The Kier molecular flexibility index (Phi) is 69.6. The lowest BCUT2D eigenvalue weighted by atomic mass is 9.96. The summed E-state index contributed by atoms with van der Waals surface area (Å²) in [6.07, 6.45) is 81.6. The number of aliphatic hydroxyl groups excluding tert-OH is 11. The average molecular weight is 1650 g/mol. The number of unbranched alkanes of at least 4 members (excludes halogenated alkanes) is 40. The van der Waals surface area contributed by atoms with Crippen LogP contribution >= 0.6 is 0 Å². The van der Waals surface area contributed by atoms with E-state index in [1.807, 2.05) is 0 Å². The van der Waals surface area contributed by atoms with Crippen molar-refractivity contribution in [3.63, 3.8) is 0 Å². The number of hydrogen-bond donors (Lipinski definition) is 12. The van der Waals surface area contributed by atoms with E-state index in [0.717, 1.165) is 128 Å². The fourth-order valence-corrected chi connectivity index (χ4v) is 15.3. The summed E-state index contributed by atoms with van der Waals surface area (Å²) < 4.78 is 34.6. The molecule has 0 radical (unpaired) electrons. The SMILES string of the molecule is CC/C=C\C/C=C\C/C=C\C/C=C\C/C=C\C/C=C\C/C=C\C/C=C\C/C=C\C/C=C\CCCCCCCCCCC(=O)NC(COC1OC(CO)C(OC2OC(CO)C(OC3OC(CO)C(O)C(O)C3O)C(O)C2O)C(O)C1O)C(O)CCCCCCCCCCCCCCCCCCCCCCCCCCCCCCCCCCC. The van der Waals surface area contributed by atoms with Gasteiger partial charge >= 0.3 is 0 Å². The molecule has 17 atom stereocenters. The van der Waals surface area contributed by atoms with Gasteiger partial charge in [-0.05, 0) is 89.9 Å². The van der Waals surface area contributed by atoms with Crippen molar-refractivity contribution in [1.82, 2.24) is 5.32 Å². The maximum atomic E-state index is 13.6. The topological polar surface area (TPSA) is 307 Å². The summed E-state index contributed by atoms with van der Waals surface area (Å²) >= 11 is 0. The molecule has 19 heteroatoms. The Labute approximate surface area is 709 Å². The van der Waals surface area contributed by atoms with Crippen LogP contribution in [0.4, 0.5) is 0 Å². The van der Waals surface area contributed by atoms with Crippen LogP contribution in [-0.4, -0.2) is 193 Å². The number of hydrogen-bond acceptors (Lipinski definition) is 18. The molecule has 676 valence electrons. The van der Waals surface area contributed by atoms with Gasteiger partial charge in [0.15, 0.2) is 18.9 Å². The summed E-state index contributed by atoms with van der Waals surface area (Å²) in [5, 5.41) is 121. The monoisotopic (exact) mass is 1650 g/mol. The van der Waals surface area contributed by atoms with E-state index in [-0.39, 0.29) is 18.9 Å². The molecule has 0 saturated carbocycles. The first-order valence-electron chi connectivity index (χ1n) is 47.3. The zero-order valence-corrected chi connectivity index (χ0v) is 73.2. The first-order chi connectivity index (χ1) is 57.3. The minimum absolute atomic E-state index is 0.250. The van der Waals surface area contributed by atoms with Crippen LogP contribution < -0.4 is 5.32 Å². The molecule has 117 heavy (non-hydrogen) atoms. The summed E-state index contributed by atoms with van der Waals surface area (Å²) in [7, 11) is 0. The summed E-state index contributed by atoms with van der Waals surface area (Å²) in [5.41, 5.74) is 0. The van der Waals surface area contributed by atoms with Crippen LogP contribution in [-0.2, 0) is 33.2 Å². The third kappa shape index (κ3) is 53.8. The maximum absolute atomic E-state index is 13.6. The highest BCUT2D eigenvalue weighted by Gasteiger charge is 2.54. The number of carbonyl (C=O) groups excluding carboxylic acids is 1. The van der Waals surface area contributed by atoms with Gasteiger partial charge in [0.05, 0.1) is 38.6 Å². The number of ether oxygens (including phenoxy) is 6. The summed E-state index contributed by atoms with van der Waals surface area (Å²) in [5.74, 6) is -0.251. The van der Waals surface area contributed by atoms with Crippen molar-refractivity contribution >= 4 is 5.91 Å². The third-order valence-electron chi connectivity index (χ3n) is 22.8. The van der Waals surface area contributed by atoms with Gasteiger partial charge in [-0.3, -0.25) is 4.79 Å². The van der Waals surface area contributed by atoms with Crippen LogP contribution in [0.1, 0.15) is 361 Å². The molecule has 3 aliphatic heterocycles. The lowest BCUT2D eigenvalue weighted by Crippen LogP contribution is -2.66. The molecular formula is C98H171NO18. The Morgan fingerprint density at radius 3 is 0.923 bits per heavy atom. The second-order valence-corrected chi connectivity index (χ2v) is 33.1. The Morgan fingerprint density at radius 1 is 0.316 bits per heavy atom. The molecule has 0 aromatic heterocycles. The van der Waals surface area contributed by atoms with E-state index in [2.05, 4.69) is 141 Å². The van der Waals surface area contributed by atoms with E-state index in [4.69, 9.17) is 28.4 Å². The molecule has 12 N–H and O–H groups in total. The van der Waals surface area contributed by atoms with Crippen molar-refractivity contribution in [3.8, 4) is 0 Å². The smallest absolute Gasteiger partial charge is 0.220 e. The van der Waals surface area contributed by atoms with Gasteiger partial charge in [-0.2, -0.15) is 0 Å². The summed E-state index contributed by atoms with van der Waals surface area (Å²) in [6.45, 7) is 1.72. The van der Waals surface area contributed by atoms with E-state index in [1.165, 1.54) is 199 Å². The molecule has 0 bridgehead atoms. The van der Waals surface area contributed by atoms with Gasteiger partial charge in [-0.1, -0.05) is 386 Å². The van der Waals surface area contributed by atoms with E-state index in [1.54, 1.807) is 0 Å². The molecule has 0 aromatic carbocycles. The minimum atomic E-state index is -1.98. The Balaban J connectivity index is 1.32. The lowest BCUT2D eigenvalue weighted by Gasteiger charge is -2.48. The van der Waals surface area contributed by atoms with Gasteiger partial charge < -0.3 is 89.9 Å². The van der Waals surface area contributed by atoms with Crippen LogP contribution in [0.5, 0.6) is 0 Å². The Bertz CT molecular complexity index is 2590. The fourth-order valence-electron chi connectivity index (χ4n) is 15.3. The second-order valence-electron chi connectivity index (χ2n) is 33.1. The van der Waals surface area contributed by atoms with Gasteiger partial charge in [0.1, 0.15) is 73.2 Å². The third-order valence-corrected chi connectivity index (χ3v) is 22.8. The molecule has 3 saturated heterocycles. The van der Waals surface area contributed by atoms with Crippen molar-refractivity contribution in [2.75, 3.05) is 26.4 Å². The molecule has 1 amide bonds. The van der Waals surface area contributed by atoms with Crippen molar-refractivity contribution in [1.29, 1.82) is 0 Å². The second kappa shape index (κ2) is 75.9. The van der Waals surface area contributed by atoms with Crippen molar-refractivity contribution in [3.05, 3.63) is 122 Å².